The summed E-state index contributed by atoms with van der Waals surface area (Å²) >= 11 is 9.98. The lowest BCUT2D eigenvalue weighted by atomic mass is 9.92. The number of aryl methyl sites for hydroxylation is 1. The zero-order valence-electron chi connectivity index (χ0n) is 11.8. The summed E-state index contributed by atoms with van der Waals surface area (Å²) in [4.78, 5) is 2.93. The van der Waals surface area contributed by atoms with Crippen LogP contribution in [0.1, 0.15) is 47.4 Å². The predicted octanol–water partition coefficient (Wildman–Crippen LogP) is 5.61. The van der Waals surface area contributed by atoms with Crippen LogP contribution in [0.3, 0.4) is 0 Å². The van der Waals surface area contributed by atoms with Crippen LogP contribution in [0.5, 0.6) is 0 Å². The third kappa shape index (κ3) is 2.77. The Bertz CT molecular complexity index is 652. The molecule has 1 aromatic carbocycles. The Morgan fingerprint density at radius 1 is 1.10 bits per heavy atom. The van der Waals surface area contributed by atoms with E-state index in [9.17, 15) is 0 Å². The highest BCUT2D eigenvalue weighted by molar-refractivity contribution is 7.99. The Balaban J connectivity index is 1.60. The first-order valence-electron chi connectivity index (χ1n) is 7.57. The van der Waals surface area contributed by atoms with E-state index in [2.05, 4.69) is 35.6 Å². The number of hydrogen-bond donors (Lipinski definition) is 1. The van der Waals surface area contributed by atoms with Crippen molar-refractivity contribution in [3.05, 3.63) is 50.7 Å². The Morgan fingerprint density at radius 3 is 2.90 bits per heavy atom. The molecule has 0 saturated heterocycles. The highest BCUT2D eigenvalue weighted by atomic mass is 35.5. The minimum atomic E-state index is 0.471. The first-order chi connectivity index (χ1) is 10.3. The summed E-state index contributed by atoms with van der Waals surface area (Å²) in [6.45, 7) is 0. The van der Waals surface area contributed by atoms with Crippen LogP contribution in [0.4, 0.5) is 0 Å². The first kappa shape index (κ1) is 14.1. The van der Waals surface area contributed by atoms with Crippen LogP contribution in [0, 0.1) is 0 Å². The Hall–Kier alpha value is -0.480. The molecule has 21 heavy (non-hydrogen) atoms. The van der Waals surface area contributed by atoms with Gasteiger partial charge in [0.25, 0.3) is 0 Å². The van der Waals surface area contributed by atoms with Gasteiger partial charge in [-0.25, -0.2) is 0 Å². The maximum Gasteiger partial charge on any atom is 0.0934 e. The fraction of sp³-hybridized carbons (Fsp3) is 0.412. The van der Waals surface area contributed by atoms with Crippen LogP contribution < -0.4 is 5.32 Å². The number of benzene rings is 1. The largest absolute Gasteiger partial charge is 0.303 e. The summed E-state index contributed by atoms with van der Waals surface area (Å²) in [6.07, 6.45) is 4.91. The van der Waals surface area contributed by atoms with Crippen LogP contribution in [0.15, 0.2) is 35.2 Å². The molecule has 1 aromatic heterocycles. The molecule has 2 atom stereocenters. The van der Waals surface area contributed by atoms with Crippen molar-refractivity contribution in [3.8, 4) is 0 Å². The van der Waals surface area contributed by atoms with Crippen LogP contribution in [-0.2, 0) is 6.42 Å². The summed E-state index contributed by atoms with van der Waals surface area (Å²) in [5.41, 5.74) is 2.93. The second-order valence-corrected chi connectivity index (χ2v) is 8.67. The molecule has 2 aromatic rings. The molecule has 1 nitrogen and oxygen atoms in total. The summed E-state index contributed by atoms with van der Waals surface area (Å²) < 4.78 is 0.938. The molecule has 1 aliphatic carbocycles. The van der Waals surface area contributed by atoms with Gasteiger partial charge in [-0.1, -0.05) is 29.8 Å². The van der Waals surface area contributed by atoms with E-state index < -0.39 is 0 Å². The molecule has 0 spiro atoms. The highest BCUT2D eigenvalue weighted by Gasteiger charge is 2.27. The monoisotopic (exact) mass is 335 g/mol. The molecule has 2 heterocycles. The topological polar surface area (TPSA) is 12.0 Å². The van der Waals surface area contributed by atoms with E-state index in [1.807, 2.05) is 11.8 Å². The molecule has 0 saturated carbocycles. The molecular weight excluding hydrogens is 318 g/mol. The second kappa shape index (κ2) is 5.96. The molecular formula is C17H18ClNS2. The predicted molar refractivity (Wildman–Crippen MR) is 92.7 cm³/mol. The third-order valence-electron chi connectivity index (χ3n) is 4.44. The molecule has 2 unspecified atom stereocenters. The van der Waals surface area contributed by atoms with E-state index in [-0.39, 0.29) is 0 Å². The lowest BCUT2D eigenvalue weighted by Gasteiger charge is -2.32. The van der Waals surface area contributed by atoms with Crippen molar-refractivity contribution >= 4 is 34.7 Å². The number of rotatable bonds is 2. The van der Waals surface area contributed by atoms with Crippen molar-refractivity contribution in [2.24, 2.45) is 0 Å². The maximum absolute atomic E-state index is 6.23. The summed E-state index contributed by atoms with van der Waals surface area (Å²) in [6, 6.07) is 12.0. The van der Waals surface area contributed by atoms with Crippen molar-refractivity contribution in [1.29, 1.82) is 0 Å². The average Bonchev–Trinajstić information content (AvgIpc) is 2.89. The van der Waals surface area contributed by atoms with Gasteiger partial charge in [-0.2, -0.15) is 0 Å². The van der Waals surface area contributed by atoms with E-state index in [0.29, 0.717) is 12.1 Å². The number of thiophene rings is 1. The molecule has 110 valence electrons. The molecule has 2 aliphatic rings. The molecule has 1 aliphatic heterocycles. The second-order valence-electron chi connectivity index (χ2n) is 5.77. The van der Waals surface area contributed by atoms with Gasteiger partial charge in [-0.15, -0.1) is 23.1 Å². The zero-order chi connectivity index (χ0) is 14.2. The van der Waals surface area contributed by atoms with Crippen LogP contribution >= 0.6 is 34.7 Å². The van der Waals surface area contributed by atoms with E-state index in [1.54, 1.807) is 11.3 Å². The van der Waals surface area contributed by atoms with Crippen molar-refractivity contribution in [3.63, 3.8) is 0 Å². The van der Waals surface area contributed by atoms with Crippen molar-refractivity contribution in [2.75, 3.05) is 5.75 Å². The molecule has 0 amide bonds. The number of hydrogen-bond acceptors (Lipinski definition) is 3. The maximum atomic E-state index is 6.23. The van der Waals surface area contributed by atoms with E-state index >= 15 is 0 Å². The van der Waals surface area contributed by atoms with E-state index in [0.717, 1.165) is 4.34 Å². The zero-order valence-corrected chi connectivity index (χ0v) is 14.2. The number of halogens is 1. The fourth-order valence-corrected chi connectivity index (χ4v) is 5.96. The van der Waals surface area contributed by atoms with Gasteiger partial charge in [0.15, 0.2) is 0 Å². The number of thioether (sulfide) groups is 1. The Labute approximate surface area is 139 Å². The average molecular weight is 336 g/mol. The first-order valence-corrected chi connectivity index (χ1v) is 9.75. The van der Waals surface area contributed by atoms with Gasteiger partial charge in [-0.05, 0) is 54.7 Å². The minimum Gasteiger partial charge on any atom is -0.303 e. The minimum absolute atomic E-state index is 0.471. The third-order valence-corrected chi connectivity index (χ3v) is 6.91. The van der Waals surface area contributed by atoms with Crippen LogP contribution in [0.2, 0.25) is 4.34 Å². The van der Waals surface area contributed by atoms with E-state index in [1.165, 1.54) is 52.3 Å². The highest BCUT2D eigenvalue weighted by Crippen LogP contribution is 2.41. The molecule has 1 N–H and O–H groups in total. The van der Waals surface area contributed by atoms with Crippen LogP contribution in [0.25, 0.3) is 0 Å². The lowest BCUT2D eigenvalue weighted by molar-refractivity contribution is 0.392. The van der Waals surface area contributed by atoms with Gasteiger partial charge < -0.3 is 5.32 Å². The van der Waals surface area contributed by atoms with Gasteiger partial charge in [0.05, 0.1) is 4.34 Å². The number of fused-ring (bicyclic) bond motifs is 2. The molecule has 4 heteroatoms. The van der Waals surface area contributed by atoms with Crippen LogP contribution in [-0.4, -0.2) is 5.75 Å². The Morgan fingerprint density at radius 2 is 1.95 bits per heavy atom. The summed E-state index contributed by atoms with van der Waals surface area (Å²) in [5, 5.41) is 3.92. The van der Waals surface area contributed by atoms with Gasteiger partial charge >= 0.3 is 0 Å². The molecule has 0 bridgehead atoms. The lowest BCUT2D eigenvalue weighted by Crippen LogP contribution is -2.30. The van der Waals surface area contributed by atoms with Gasteiger partial charge in [0.2, 0.25) is 0 Å². The van der Waals surface area contributed by atoms with Crippen molar-refractivity contribution in [2.45, 2.75) is 42.7 Å². The normalized spacial score (nSPS) is 24.4. The molecule has 0 fully saturated rings. The summed E-state index contributed by atoms with van der Waals surface area (Å²) in [5.74, 6) is 1.21. The molecule has 4 rings (SSSR count). The molecule has 0 radical (unpaired) electrons. The SMILES string of the molecule is Clc1cc2c(s1)CCCC2NC1CCSc2ccccc21. The quantitative estimate of drug-likeness (QED) is 0.766. The standard InChI is InChI=1S/C17H18ClNS2/c18-17-10-12-13(5-3-7-16(12)21-17)19-14-8-9-20-15-6-2-1-4-11(14)15/h1-2,4,6,10,13-14,19H,3,5,7-9H2. The fourth-order valence-electron chi connectivity index (χ4n) is 3.45. The van der Waals surface area contributed by atoms with Gasteiger partial charge in [0.1, 0.15) is 0 Å². The van der Waals surface area contributed by atoms with E-state index in [4.69, 9.17) is 11.6 Å². The van der Waals surface area contributed by atoms with Gasteiger partial charge in [0, 0.05) is 21.9 Å². The Kier molecular flexibility index (Phi) is 4.01. The number of nitrogens with one attached hydrogen (secondary N) is 1. The van der Waals surface area contributed by atoms with Gasteiger partial charge in [-0.3, -0.25) is 0 Å². The smallest absolute Gasteiger partial charge is 0.0934 e. The summed E-state index contributed by atoms with van der Waals surface area (Å²) in [7, 11) is 0. The van der Waals surface area contributed by atoms with Crippen molar-refractivity contribution in [1.82, 2.24) is 5.32 Å². The van der Waals surface area contributed by atoms with Crippen molar-refractivity contribution < 1.29 is 0 Å².